The molecule has 1 saturated heterocycles. The number of rotatable bonds is 5. The minimum absolute atomic E-state index is 0.123. The van der Waals surface area contributed by atoms with Crippen LogP contribution >= 0.6 is 0 Å². The molecule has 1 aliphatic rings. The lowest BCUT2D eigenvalue weighted by Crippen LogP contribution is -2.41. The third kappa shape index (κ3) is 3.73. The average Bonchev–Trinajstić information content (AvgIpc) is 2.47. The Morgan fingerprint density at radius 3 is 2.95 bits per heavy atom. The second-order valence-corrected chi connectivity index (χ2v) is 5.68. The van der Waals surface area contributed by atoms with Gasteiger partial charge >= 0.3 is 0 Å². The molecule has 2 rings (SSSR count). The van der Waals surface area contributed by atoms with Gasteiger partial charge in [-0.2, -0.15) is 0 Å². The maximum absolute atomic E-state index is 14.4. The van der Waals surface area contributed by atoms with E-state index in [2.05, 4.69) is 5.32 Å². The van der Waals surface area contributed by atoms with Crippen molar-refractivity contribution in [3.05, 3.63) is 29.6 Å². The van der Waals surface area contributed by atoms with Gasteiger partial charge in [0.05, 0.1) is 11.6 Å². The van der Waals surface area contributed by atoms with Crippen LogP contribution in [0, 0.1) is 11.7 Å². The summed E-state index contributed by atoms with van der Waals surface area (Å²) in [5.41, 5.74) is 6.87. The van der Waals surface area contributed by atoms with Gasteiger partial charge in [0.1, 0.15) is 5.82 Å². The Kier molecular flexibility index (Phi) is 5.17. The maximum Gasteiger partial charge on any atom is 0.222 e. The summed E-state index contributed by atoms with van der Waals surface area (Å²) in [5.74, 6) is -0.710. The lowest BCUT2D eigenvalue weighted by atomic mass is 9.96. The Morgan fingerprint density at radius 2 is 2.33 bits per heavy atom. The Balaban J connectivity index is 2.15. The van der Waals surface area contributed by atoms with E-state index in [-0.39, 0.29) is 23.7 Å². The van der Waals surface area contributed by atoms with Crippen LogP contribution in [0.3, 0.4) is 0 Å². The second-order valence-electron chi connectivity index (χ2n) is 5.68. The summed E-state index contributed by atoms with van der Waals surface area (Å²) in [5, 5.41) is 3.27. The van der Waals surface area contributed by atoms with Crippen molar-refractivity contribution in [2.24, 2.45) is 11.7 Å². The van der Waals surface area contributed by atoms with Crippen molar-refractivity contribution in [1.82, 2.24) is 5.32 Å². The number of halogens is 1. The number of carbonyl (C=O) groups excluding carboxylic acids is 1. The van der Waals surface area contributed by atoms with Gasteiger partial charge in [-0.3, -0.25) is 4.79 Å². The van der Waals surface area contributed by atoms with Crippen LogP contribution < -0.4 is 16.0 Å². The van der Waals surface area contributed by atoms with Crippen LogP contribution in [0.5, 0.6) is 0 Å². The highest BCUT2D eigenvalue weighted by molar-refractivity contribution is 5.77. The Bertz CT molecular complexity index is 506. The molecule has 0 aliphatic carbocycles. The molecule has 1 aromatic rings. The molecule has 2 atom stereocenters. The lowest BCUT2D eigenvalue weighted by Gasteiger charge is -2.33. The van der Waals surface area contributed by atoms with E-state index in [0.29, 0.717) is 12.2 Å². The molecule has 1 aromatic carbocycles. The van der Waals surface area contributed by atoms with E-state index < -0.39 is 0 Å². The number of benzene rings is 1. The van der Waals surface area contributed by atoms with Crippen LogP contribution in [0.2, 0.25) is 0 Å². The molecule has 2 unspecified atom stereocenters. The fourth-order valence-corrected chi connectivity index (χ4v) is 2.90. The molecule has 1 fully saturated rings. The predicted molar refractivity (Wildman–Crippen MR) is 82.6 cm³/mol. The smallest absolute Gasteiger partial charge is 0.222 e. The fourth-order valence-electron chi connectivity index (χ4n) is 2.90. The number of nitrogens with two attached hydrogens (primary N) is 1. The molecule has 1 amide bonds. The highest BCUT2D eigenvalue weighted by atomic mass is 19.1. The minimum atomic E-state index is -0.294. The summed E-state index contributed by atoms with van der Waals surface area (Å²) in [7, 11) is 0. The number of anilines is 1. The first-order valence-corrected chi connectivity index (χ1v) is 7.60. The first-order valence-electron chi connectivity index (χ1n) is 7.60. The predicted octanol–water partition coefficient (Wildman–Crippen LogP) is 2.20. The van der Waals surface area contributed by atoms with Gasteiger partial charge in [-0.05, 0) is 44.0 Å². The monoisotopic (exact) mass is 293 g/mol. The van der Waals surface area contributed by atoms with Crippen molar-refractivity contribution in [3.63, 3.8) is 0 Å². The Labute approximate surface area is 125 Å². The molecule has 5 heteroatoms. The number of nitrogens with zero attached hydrogens (tertiary/aromatic N) is 1. The van der Waals surface area contributed by atoms with Gasteiger partial charge in [0, 0.05) is 19.1 Å². The van der Waals surface area contributed by atoms with Gasteiger partial charge in [0.25, 0.3) is 0 Å². The Hall–Kier alpha value is -1.62. The summed E-state index contributed by atoms with van der Waals surface area (Å²) >= 11 is 0. The molecule has 0 saturated carbocycles. The largest absolute Gasteiger partial charge is 0.369 e. The molecule has 0 bridgehead atoms. The van der Waals surface area contributed by atoms with E-state index in [9.17, 15) is 9.18 Å². The summed E-state index contributed by atoms with van der Waals surface area (Å²) in [6, 6.07) is 5.45. The van der Waals surface area contributed by atoms with E-state index >= 15 is 0 Å². The molecular formula is C16H24FN3O. The van der Waals surface area contributed by atoms with Crippen molar-refractivity contribution < 1.29 is 9.18 Å². The first kappa shape index (κ1) is 15.8. The van der Waals surface area contributed by atoms with E-state index in [4.69, 9.17) is 5.73 Å². The number of hydrogen-bond donors (Lipinski definition) is 2. The van der Waals surface area contributed by atoms with Crippen molar-refractivity contribution in [1.29, 1.82) is 0 Å². The molecule has 0 spiro atoms. The zero-order valence-corrected chi connectivity index (χ0v) is 12.7. The molecule has 21 heavy (non-hydrogen) atoms. The fraction of sp³-hybridized carbons (Fsp3) is 0.562. The van der Waals surface area contributed by atoms with Crippen molar-refractivity contribution in [3.8, 4) is 0 Å². The minimum Gasteiger partial charge on any atom is -0.369 e. The quantitative estimate of drug-likeness (QED) is 0.875. The van der Waals surface area contributed by atoms with Gasteiger partial charge in [-0.1, -0.05) is 13.0 Å². The van der Waals surface area contributed by atoms with Crippen LogP contribution in [0.25, 0.3) is 0 Å². The van der Waals surface area contributed by atoms with Gasteiger partial charge < -0.3 is 16.0 Å². The standard InChI is InChI=1S/C16H24FN3O/c1-3-19-11(2)12-6-7-15(14(17)9-12)20-8-4-5-13(10-20)16(18)21/h6-7,9,11,13,19H,3-5,8,10H2,1-2H3,(H2,18,21). The van der Waals surface area contributed by atoms with Crippen LogP contribution in [-0.4, -0.2) is 25.5 Å². The van der Waals surface area contributed by atoms with Gasteiger partial charge in [-0.25, -0.2) is 4.39 Å². The molecule has 3 N–H and O–H groups in total. The van der Waals surface area contributed by atoms with Crippen LogP contribution in [0.15, 0.2) is 18.2 Å². The molecule has 116 valence electrons. The molecular weight excluding hydrogens is 269 g/mol. The number of primary amides is 1. The molecule has 1 aliphatic heterocycles. The van der Waals surface area contributed by atoms with E-state index in [0.717, 1.165) is 31.5 Å². The van der Waals surface area contributed by atoms with E-state index in [1.807, 2.05) is 30.9 Å². The summed E-state index contributed by atoms with van der Waals surface area (Å²) in [6.07, 6.45) is 1.66. The zero-order chi connectivity index (χ0) is 15.4. The lowest BCUT2D eigenvalue weighted by molar-refractivity contribution is -0.122. The van der Waals surface area contributed by atoms with Gasteiger partial charge in [-0.15, -0.1) is 0 Å². The number of amides is 1. The van der Waals surface area contributed by atoms with Crippen molar-refractivity contribution >= 4 is 11.6 Å². The highest BCUT2D eigenvalue weighted by Crippen LogP contribution is 2.27. The van der Waals surface area contributed by atoms with E-state index in [1.54, 1.807) is 6.07 Å². The second kappa shape index (κ2) is 6.89. The topological polar surface area (TPSA) is 58.4 Å². The van der Waals surface area contributed by atoms with E-state index in [1.165, 1.54) is 0 Å². The number of carbonyl (C=O) groups is 1. The van der Waals surface area contributed by atoms with Gasteiger partial charge in [0.2, 0.25) is 5.91 Å². The SMILES string of the molecule is CCNC(C)c1ccc(N2CCCC(C(N)=O)C2)c(F)c1. The third-order valence-corrected chi connectivity index (χ3v) is 4.15. The zero-order valence-electron chi connectivity index (χ0n) is 12.7. The van der Waals surface area contributed by atoms with Crippen LogP contribution in [-0.2, 0) is 4.79 Å². The number of piperidine rings is 1. The third-order valence-electron chi connectivity index (χ3n) is 4.15. The van der Waals surface area contributed by atoms with Gasteiger partial charge in [0.15, 0.2) is 0 Å². The maximum atomic E-state index is 14.4. The number of hydrogen-bond acceptors (Lipinski definition) is 3. The normalized spacial score (nSPS) is 20.3. The molecule has 0 radical (unpaired) electrons. The molecule has 4 nitrogen and oxygen atoms in total. The first-order chi connectivity index (χ1) is 10.0. The number of nitrogens with one attached hydrogen (secondary N) is 1. The van der Waals surface area contributed by atoms with Crippen molar-refractivity contribution in [2.75, 3.05) is 24.5 Å². The Morgan fingerprint density at radius 1 is 1.57 bits per heavy atom. The average molecular weight is 293 g/mol. The summed E-state index contributed by atoms with van der Waals surface area (Å²) in [4.78, 5) is 13.3. The van der Waals surface area contributed by atoms with Crippen LogP contribution in [0.4, 0.5) is 10.1 Å². The molecule has 0 aromatic heterocycles. The summed E-state index contributed by atoms with van der Waals surface area (Å²) in [6.45, 7) is 6.16. The highest BCUT2D eigenvalue weighted by Gasteiger charge is 2.25. The summed E-state index contributed by atoms with van der Waals surface area (Å²) < 4.78 is 14.4. The molecule has 1 heterocycles. The van der Waals surface area contributed by atoms with Crippen molar-refractivity contribution in [2.45, 2.75) is 32.7 Å². The van der Waals surface area contributed by atoms with Crippen LogP contribution in [0.1, 0.15) is 38.3 Å².